The summed E-state index contributed by atoms with van der Waals surface area (Å²) in [5.74, 6) is -2.55. The molecule has 1 aromatic rings. The standard InChI is InChI=1S/C10H11F3N4O3/c11-10(12,13)4-17(3-6(18)19)9(20)8-14-7(15-16-8)5-1-2-5/h5H,1-4H2,(H,18,19)(H,14,15,16). The second-order valence-electron chi connectivity index (χ2n) is 4.49. The van der Waals surface area contributed by atoms with Crippen LogP contribution in [0.15, 0.2) is 0 Å². The zero-order valence-corrected chi connectivity index (χ0v) is 10.1. The fourth-order valence-corrected chi connectivity index (χ4v) is 1.63. The lowest BCUT2D eigenvalue weighted by Crippen LogP contribution is -2.42. The monoisotopic (exact) mass is 292 g/mol. The number of carbonyl (C=O) groups is 2. The maximum absolute atomic E-state index is 12.3. The quantitative estimate of drug-likeness (QED) is 0.835. The summed E-state index contributed by atoms with van der Waals surface area (Å²) < 4.78 is 37.0. The average molecular weight is 292 g/mol. The third kappa shape index (κ3) is 3.68. The Kier molecular flexibility index (Phi) is 3.64. The molecule has 1 heterocycles. The van der Waals surface area contributed by atoms with Crippen molar-refractivity contribution in [1.29, 1.82) is 0 Å². The molecule has 7 nitrogen and oxygen atoms in total. The molecular weight excluding hydrogens is 281 g/mol. The van der Waals surface area contributed by atoms with Crippen LogP contribution in [0.5, 0.6) is 0 Å². The van der Waals surface area contributed by atoms with E-state index < -0.39 is 37.0 Å². The summed E-state index contributed by atoms with van der Waals surface area (Å²) in [4.78, 5) is 26.3. The van der Waals surface area contributed by atoms with Crippen LogP contribution < -0.4 is 0 Å². The van der Waals surface area contributed by atoms with Gasteiger partial charge in [0.15, 0.2) is 0 Å². The van der Waals surface area contributed by atoms with Crippen LogP contribution in [0, 0.1) is 0 Å². The van der Waals surface area contributed by atoms with Gasteiger partial charge < -0.3 is 10.0 Å². The molecule has 1 aliphatic carbocycles. The molecule has 1 saturated carbocycles. The second-order valence-corrected chi connectivity index (χ2v) is 4.49. The molecule has 0 saturated heterocycles. The summed E-state index contributed by atoms with van der Waals surface area (Å²) in [5, 5.41) is 14.6. The number of aliphatic carboxylic acids is 1. The highest BCUT2D eigenvalue weighted by Gasteiger charge is 2.36. The van der Waals surface area contributed by atoms with Crippen LogP contribution in [-0.2, 0) is 4.79 Å². The molecule has 1 aliphatic rings. The molecule has 110 valence electrons. The summed E-state index contributed by atoms with van der Waals surface area (Å²) in [6.45, 7) is -2.73. The van der Waals surface area contributed by atoms with Crippen LogP contribution in [0.3, 0.4) is 0 Å². The van der Waals surface area contributed by atoms with Gasteiger partial charge in [-0.2, -0.15) is 13.2 Å². The molecule has 1 fully saturated rings. The number of amides is 1. The molecule has 0 atom stereocenters. The third-order valence-electron chi connectivity index (χ3n) is 2.64. The summed E-state index contributed by atoms with van der Waals surface area (Å²) in [6.07, 6.45) is -2.94. The number of H-pyrrole nitrogens is 1. The summed E-state index contributed by atoms with van der Waals surface area (Å²) in [6, 6.07) is 0. The molecule has 20 heavy (non-hydrogen) atoms. The maximum Gasteiger partial charge on any atom is 0.406 e. The van der Waals surface area contributed by atoms with Gasteiger partial charge in [-0.15, -0.1) is 5.10 Å². The van der Waals surface area contributed by atoms with Crippen LogP contribution in [-0.4, -0.2) is 56.3 Å². The number of carboxylic acids is 1. The van der Waals surface area contributed by atoms with Gasteiger partial charge >= 0.3 is 12.1 Å². The number of hydrogen-bond acceptors (Lipinski definition) is 4. The Bertz CT molecular complexity index is 524. The van der Waals surface area contributed by atoms with Gasteiger partial charge in [0, 0.05) is 5.92 Å². The van der Waals surface area contributed by atoms with E-state index in [0.29, 0.717) is 5.82 Å². The van der Waals surface area contributed by atoms with Gasteiger partial charge in [-0.1, -0.05) is 0 Å². The minimum atomic E-state index is -4.69. The Morgan fingerprint density at radius 2 is 2.05 bits per heavy atom. The molecule has 0 aliphatic heterocycles. The third-order valence-corrected chi connectivity index (χ3v) is 2.64. The van der Waals surface area contributed by atoms with E-state index >= 15 is 0 Å². The van der Waals surface area contributed by atoms with E-state index in [1.54, 1.807) is 0 Å². The first-order valence-corrected chi connectivity index (χ1v) is 5.76. The number of carboxylic acid groups (broad SMARTS) is 1. The van der Waals surface area contributed by atoms with Crippen LogP contribution in [0.25, 0.3) is 0 Å². The normalized spacial score (nSPS) is 15.2. The number of hydrogen-bond donors (Lipinski definition) is 2. The Balaban J connectivity index is 2.13. The van der Waals surface area contributed by atoms with Crippen molar-refractivity contribution >= 4 is 11.9 Å². The van der Waals surface area contributed by atoms with Crippen molar-refractivity contribution in [3.05, 3.63) is 11.6 Å². The molecule has 0 bridgehead atoms. The van der Waals surface area contributed by atoms with Crippen molar-refractivity contribution in [1.82, 2.24) is 20.1 Å². The number of alkyl halides is 3. The van der Waals surface area contributed by atoms with Crippen LogP contribution in [0.2, 0.25) is 0 Å². The largest absolute Gasteiger partial charge is 0.480 e. The van der Waals surface area contributed by atoms with Crippen molar-refractivity contribution in [2.45, 2.75) is 24.9 Å². The van der Waals surface area contributed by atoms with E-state index in [1.165, 1.54) is 0 Å². The van der Waals surface area contributed by atoms with Crippen LogP contribution in [0.4, 0.5) is 13.2 Å². The number of carbonyl (C=O) groups excluding carboxylic acids is 1. The Hall–Kier alpha value is -2.13. The Morgan fingerprint density at radius 1 is 1.40 bits per heavy atom. The van der Waals surface area contributed by atoms with Gasteiger partial charge in [-0.05, 0) is 12.8 Å². The highest BCUT2D eigenvalue weighted by atomic mass is 19.4. The van der Waals surface area contributed by atoms with E-state index in [-0.39, 0.29) is 10.8 Å². The van der Waals surface area contributed by atoms with Crippen molar-refractivity contribution in [3.8, 4) is 0 Å². The number of rotatable bonds is 5. The Morgan fingerprint density at radius 3 is 2.55 bits per heavy atom. The SMILES string of the molecule is O=C(O)CN(CC(F)(F)F)C(=O)c1n[nH]c(C2CC2)n1. The molecule has 0 aromatic carbocycles. The van der Waals surface area contributed by atoms with Gasteiger partial charge in [0.1, 0.15) is 18.9 Å². The minimum absolute atomic E-state index is 0.152. The summed E-state index contributed by atoms with van der Waals surface area (Å²) in [5.41, 5.74) is 0. The fourth-order valence-electron chi connectivity index (χ4n) is 1.63. The topological polar surface area (TPSA) is 99.2 Å². The first kappa shape index (κ1) is 14.3. The number of aromatic amines is 1. The Labute approximate surface area is 110 Å². The van der Waals surface area contributed by atoms with Gasteiger partial charge in [0.2, 0.25) is 5.82 Å². The molecular formula is C10H11F3N4O3. The minimum Gasteiger partial charge on any atom is -0.480 e. The predicted octanol–water partition coefficient (Wildman–Crippen LogP) is 0.771. The highest BCUT2D eigenvalue weighted by molar-refractivity contribution is 5.92. The van der Waals surface area contributed by atoms with Gasteiger partial charge in [0.25, 0.3) is 5.91 Å². The van der Waals surface area contributed by atoms with E-state index in [9.17, 15) is 22.8 Å². The molecule has 1 amide bonds. The number of nitrogens with one attached hydrogen (secondary N) is 1. The van der Waals surface area contributed by atoms with E-state index in [4.69, 9.17) is 5.11 Å². The molecule has 0 radical (unpaired) electrons. The first-order valence-electron chi connectivity index (χ1n) is 5.76. The summed E-state index contributed by atoms with van der Waals surface area (Å²) >= 11 is 0. The lowest BCUT2D eigenvalue weighted by atomic mass is 10.4. The van der Waals surface area contributed by atoms with Crippen molar-refractivity contribution in [2.24, 2.45) is 0 Å². The average Bonchev–Trinajstić information content (AvgIpc) is 3.03. The fraction of sp³-hybridized carbons (Fsp3) is 0.600. The predicted molar refractivity (Wildman–Crippen MR) is 58.0 cm³/mol. The maximum atomic E-state index is 12.3. The molecule has 2 rings (SSSR count). The van der Waals surface area contributed by atoms with Gasteiger partial charge in [-0.25, -0.2) is 4.98 Å². The number of halogens is 3. The first-order chi connectivity index (χ1) is 9.26. The molecule has 1 aromatic heterocycles. The lowest BCUT2D eigenvalue weighted by Gasteiger charge is -2.20. The van der Waals surface area contributed by atoms with Crippen molar-refractivity contribution in [2.75, 3.05) is 13.1 Å². The van der Waals surface area contributed by atoms with Gasteiger partial charge in [-0.3, -0.25) is 14.7 Å². The second kappa shape index (κ2) is 5.10. The van der Waals surface area contributed by atoms with E-state index in [0.717, 1.165) is 12.8 Å². The zero-order valence-electron chi connectivity index (χ0n) is 10.1. The van der Waals surface area contributed by atoms with E-state index in [2.05, 4.69) is 15.2 Å². The van der Waals surface area contributed by atoms with Crippen LogP contribution >= 0.6 is 0 Å². The van der Waals surface area contributed by atoms with Gasteiger partial charge in [0.05, 0.1) is 0 Å². The molecule has 0 spiro atoms. The highest BCUT2D eigenvalue weighted by Crippen LogP contribution is 2.37. The number of aromatic nitrogens is 3. The lowest BCUT2D eigenvalue weighted by molar-refractivity contribution is -0.149. The molecule has 10 heteroatoms. The van der Waals surface area contributed by atoms with Crippen molar-refractivity contribution < 1.29 is 27.9 Å². The van der Waals surface area contributed by atoms with Crippen LogP contribution in [0.1, 0.15) is 35.2 Å². The number of nitrogens with zero attached hydrogens (tertiary/aromatic N) is 3. The molecule has 2 N–H and O–H groups in total. The molecule has 0 unspecified atom stereocenters. The zero-order chi connectivity index (χ0) is 14.9. The smallest absolute Gasteiger partial charge is 0.406 e. The van der Waals surface area contributed by atoms with Crippen molar-refractivity contribution in [3.63, 3.8) is 0 Å². The summed E-state index contributed by atoms with van der Waals surface area (Å²) in [7, 11) is 0. The van der Waals surface area contributed by atoms with E-state index in [1.807, 2.05) is 0 Å².